The third-order valence-electron chi connectivity index (χ3n) is 11.7. The van der Waals surface area contributed by atoms with Gasteiger partial charge in [-0.05, 0) is 64.2 Å². The number of carbonyl (C=O) groups excluding carboxylic acids is 2. The first kappa shape index (κ1) is 62.0. The molecule has 376 valence electrons. The van der Waals surface area contributed by atoms with Gasteiger partial charge in [-0.3, -0.25) is 18.6 Å². The van der Waals surface area contributed by atoms with E-state index in [0.717, 1.165) is 38.5 Å². The number of ether oxygens (including phenoxy) is 1. The van der Waals surface area contributed by atoms with Gasteiger partial charge in [-0.1, -0.05) is 205 Å². The van der Waals surface area contributed by atoms with Crippen molar-refractivity contribution in [2.45, 2.75) is 270 Å². The van der Waals surface area contributed by atoms with Crippen LogP contribution in [0.15, 0.2) is 24.3 Å². The molecular formula is C52H98NO10P. The van der Waals surface area contributed by atoms with Gasteiger partial charge in [0.05, 0.1) is 13.2 Å². The normalized spacial score (nSPS) is 13.7. The molecule has 0 spiro atoms. The first-order chi connectivity index (χ1) is 31.1. The molecule has 0 aromatic heterocycles. The maximum absolute atomic E-state index is 12.4. The highest BCUT2D eigenvalue weighted by molar-refractivity contribution is 7.47. The average Bonchev–Trinajstić information content (AvgIpc) is 3.27. The molecule has 0 rings (SSSR count). The Kier molecular flexibility index (Phi) is 45.9. The number of hydrogen-bond donors (Lipinski definition) is 4. The van der Waals surface area contributed by atoms with Crippen molar-refractivity contribution < 1.29 is 47.8 Å². The second kappa shape index (κ2) is 47.5. The molecule has 0 aromatic carbocycles. The molecule has 1 amide bonds. The number of nitrogens with one attached hydrogen (secondary N) is 1. The van der Waals surface area contributed by atoms with Gasteiger partial charge in [0.25, 0.3) is 0 Å². The topological polar surface area (TPSA) is 169 Å². The molecule has 0 bridgehead atoms. The van der Waals surface area contributed by atoms with E-state index in [0.29, 0.717) is 12.8 Å². The molecule has 0 aliphatic carbocycles. The maximum Gasteiger partial charge on any atom is 0.472 e. The number of rotatable bonds is 50. The Balaban J connectivity index is 3.80. The number of carbonyl (C=O) groups is 3. The van der Waals surface area contributed by atoms with Gasteiger partial charge in [-0.2, -0.15) is 0 Å². The minimum atomic E-state index is -4.76. The van der Waals surface area contributed by atoms with Gasteiger partial charge in [-0.25, -0.2) is 9.36 Å². The highest BCUT2D eigenvalue weighted by atomic mass is 31.2. The van der Waals surface area contributed by atoms with Crippen LogP contribution in [0.3, 0.4) is 0 Å². The van der Waals surface area contributed by atoms with Crippen molar-refractivity contribution in [1.29, 1.82) is 0 Å². The Morgan fingerprint density at radius 3 is 1.19 bits per heavy atom. The fraction of sp³-hybridized carbons (Fsp3) is 0.865. The zero-order valence-electron chi connectivity index (χ0n) is 41.1. The van der Waals surface area contributed by atoms with Crippen molar-refractivity contribution in [3.8, 4) is 0 Å². The number of hydrogen-bond acceptors (Lipinski definition) is 8. The second-order valence-corrected chi connectivity index (χ2v) is 19.5. The molecule has 0 radical (unpaired) electrons. The summed E-state index contributed by atoms with van der Waals surface area (Å²) < 4.78 is 27.0. The van der Waals surface area contributed by atoms with E-state index < -0.39 is 57.6 Å². The summed E-state index contributed by atoms with van der Waals surface area (Å²) in [5.41, 5.74) is 0. The summed E-state index contributed by atoms with van der Waals surface area (Å²) in [6.07, 6.45) is 52.0. The zero-order valence-corrected chi connectivity index (χ0v) is 42.0. The summed E-state index contributed by atoms with van der Waals surface area (Å²) >= 11 is 0. The number of esters is 1. The van der Waals surface area contributed by atoms with Crippen LogP contribution in [-0.4, -0.2) is 64.9 Å². The van der Waals surface area contributed by atoms with Gasteiger partial charge in [0.2, 0.25) is 5.91 Å². The van der Waals surface area contributed by atoms with Crippen LogP contribution in [0.5, 0.6) is 0 Å². The number of aliphatic hydroxyl groups is 1. The lowest BCUT2D eigenvalue weighted by Gasteiger charge is -2.18. The van der Waals surface area contributed by atoms with E-state index in [1.807, 2.05) is 0 Å². The fourth-order valence-corrected chi connectivity index (χ4v) is 8.37. The summed E-state index contributed by atoms with van der Waals surface area (Å²) in [6, 6.07) is -1.55. The highest BCUT2D eigenvalue weighted by Crippen LogP contribution is 2.43. The molecule has 4 N–H and O–H groups in total. The number of carboxylic acids is 1. The predicted molar refractivity (Wildman–Crippen MR) is 263 cm³/mol. The molecule has 11 nitrogen and oxygen atoms in total. The number of carboxylic acid groups (broad SMARTS) is 1. The SMILES string of the molecule is CCCCCCCC/C=C/CCCCCCCCCCCCCC(=O)OCC(O)COP(=O)(O)OCC(NC(=O)CCCCCCCCCCC/C=C/CCCCCCCC)C(=O)O. The van der Waals surface area contributed by atoms with Crippen LogP contribution in [0.25, 0.3) is 0 Å². The number of phosphoric acid groups is 1. The van der Waals surface area contributed by atoms with Crippen molar-refractivity contribution in [1.82, 2.24) is 5.32 Å². The van der Waals surface area contributed by atoms with Gasteiger partial charge in [0.15, 0.2) is 6.04 Å². The second-order valence-electron chi connectivity index (χ2n) is 18.1. The quantitative estimate of drug-likeness (QED) is 0.0199. The Labute approximate surface area is 391 Å². The van der Waals surface area contributed by atoms with Gasteiger partial charge in [0.1, 0.15) is 12.7 Å². The van der Waals surface area contributed by atoms with Crippen LogP contribution in [0.2, 0.25) is 0 Å². The molecule has 12 heteroatoms. The van der Waals surface area contributed by atoms with E-state index >= 15 is 0 Å². The van der Waals surface area contributed by atoms with Crippen LogP contribution in [0.1, 0.15) is 258 Å². The molecule has 0 aliphatic heterocycles. The van der Waals surface area contributed by atoms with E-state index in [1.165, 1.54) is 180 Å². The van der Waals surface area contributed by atoms with Crippen molar-refractivity contribution in [3.63, 3.8) is 0 Å². The maximum atomic E-state index is 12.4. The van der Waals surface area contributed by atoms with E-state index in [4.69, 9.17) is 13.8 Å². The summed E-state index contributed by atoms with van der Waals surface area (Å²) in [4.78, 5) is 46.1. The minimum Gasteiger partial charge on any atom is -0.480 e. The summed E-state index contributed by atoms with van der Waals surface area (Å²) in [5.74, 6) is -2.36. The molecule has 3 unspecified atom stereocenters. The third-order valence-corrected chi connectivity index (χ3v) is 12.7. The van der Waals surface area contributed by atoms with E-state index in [1.54, 1.807) is 0 Å². The summed E-state index contributed by atoms with van der Waals surface area (Å²) in [5, 5.41) is 21.9. The first-order valence-corrected chi connectivity index (χ1v) is 27.9. The molecule has 0 fully saturated rings. The van der Waals surface area contributed by atoms with E-state index in [9.17, 15) is 34.1 Å². The Morgan fingerprint density at radius 2 is 0.812 bits per heavy atom. The predicted octanol–water partition coefficient (Wildman–Crippen LogP) is 14.6. The van der Waals surface area contributed by atoms with E-state index in [2.05, 4.69) is 43.5 Å². The molecule has 0 saturated carbocycles. The number of unbranched alkanes of at least 4 members (excludes halogenated alkanes) is 32. The van der Waals surface area contributed by atoms with Crippen molar-refractivity contribution in [2.75, 3.05) is 19.8 Å². The lowest BCUT2D eigenvalue weighted by molar-refractivity contribution is -0.147. The number of aliphatic hydroxyl groups excluding tert-OH is 1. The van der Waals surface area contributed by atoms with Crippen molar-refractivity contribution >= 4 is 25.7 Å². The fourth-order valence-electron chi connectivity index (χ4n) is 7.60. The molecule has 0 saturated heterocycles. The largest absolute Gasteiger partial charge is 0.480 e. The number of amides is 1. The number of aliphatic carboxylic acids is 1. The van der Waals surface area contributed by atoms with E-state index in [-0.39, 0.29) is 12.8 Å². The van der Waals surface area contributed by atoms with Gasteiger partial charge in [-0.15, -0.1) is 0 Å². The van der Waals surface area contributed by atoms with Gasteiger partial charge < -0.3 is 25.2 Å². The van der Waals surface area contributed by atoms with Crippen LogP contribution in [0.4, 0.5) is 0 Å². The molecule has 0 aliphatic rings. The minimum absolute atomic E-state index is 0.145. The van der Waals surface area contributed by atoms with Crippen LogP contribution in [0, 0.1) is 0 Å². The van der Waals surface area contributed by atoms with Gasteiger partial charge in [0, 0.05) is 12.8 Å². The average molecular weight is 928 g/mol. The standard InChI is InChI=1S/C52H98NO10P/c1-3-5-7-9-11-13-15-17-19-21-23-24-26-28-30-32-34-36-38-40-42-44-51(56)61-45-48(54)46-62-64(59,60)63-47-49(52(57)58)53-50(55)43-41-39-37-35-33-31-29-27-25-22-20-18-16-14-12-10-8-6-4-2/h17-20,48-49,54H,3-16,21-47H2,1-2H3,(H,53,55)(H,57,58)(H,59,60)/b19-17+,20-18+. The molecule has 64 heavy (non-hydrogen) atoms. The molecule has 0 heterocycles. The monoisotopic (exact) mass is 928 g/mol. The molecule has 0 aromatic rings. The third kappa shape index (κ3) is 46.5. The molecule has 3 atom stereocenters. The molecular weight excluding hydrogens is 830 g/mol. The van der Waals surface area contributed by atoms with Crippen LogP contribution in [-0.2, 0) is 32.7 Å². The summed E-state index contributed by atoms with van der Waals surface area (Å²) in [6.45, 7) is 2.63. The lowest BCUT2D eigenvalue weighted by Crippen LogP contribution is -2.43. The Morgan fingerprint density at radius 1 is 0.484 bits per heavy atom. The van der Waals surface area contributed by atoms with Crippen LogP contribution < -0.4 is 5.32 Å². The highest BCUT2D eigenvalue weighted by Gasteiger charge is 2.28. The lowest BCUT2D eigenvalue weighted by atomic mass is 10.0. The first-order valence-electron chi connectivity index (χ1n) is 26.4. The smallest absolute Gasteiger partial charge is 0.472 e. The van der Waals surface area contributed by atoms with Crippen molar-refractivity contribution in [2.24, 2.45) is 0 Å². The summed E-state index contributed by atoms with van der Waals surface area (Å²) in [7, 11) is -4.76. The zero-order chi connectivity index (χ0) is 47.0. The van der Waals surface area contributed by atoms with Crippen LogP contribution >= 0.6 is 7.82 Å². The number of phosphoric ester groups is 1. The van der Waals surface area contributed by atoms with Gasteiger partial charge >= 0.3 is 19.8 Å². The van der Waals surface area contributed by atoms with Crippen molar-refractivity contribution in [3.05, 3.63) is 24.3 Å². The Hall–Kier alpha value is -2.04. The Bertz CT molecular complexity index is 1180. The number of allylic oxidation sites excluding steroid dienone is 4.